The molecule has 1 fully saturated rings. The Bertz CT molecular complexity index is 1470. The standard InChI is InChI=1S/C23H20N6O5/c30-16-4-14(5-17(31)6-16)25-22-24-7-13-8-28(11-19(13)26-22)15-9-29(10-15)21(32)12-1-2-18-20(3-12)34-23(33)27-18/h1-7,15,30-31H,8-11H2,(H,27,33)(H,24,25,26). The van der Waals surface area contributed by atoms with Crippen molar-refractivity contribution in [1.82, 2.24) is 24.8 Å². The quantitative estimate of drug-likeness (QED) is 0.358. The fraction of sp³-hybridized carbons (Fsp3) is 0.217. The first kappa shape index (κ1) is 20.2. The van der Waals surface area contributed by atoms with Crippen LogP contribution in [0.3, 0.4) is 0 Å². The van der Waals surface area contributed by atoms with Crippen molar-refractivity contribution >= 4 is 28.6 Å². The van der Waals surface area contributed by atoms with Gasteiger partial charge in [0.1, 0.15) is 11.5 Å². The lowest BCUT2D eigenvalue weighted by Gasteiger charge is -2.43. The van der Waals surface area contributed by atoms with Gasteiger partial charge in [-0.3, -0.25) is 14.7 Å². The van der Waals surface area contributed by atoms with Crippen LogP contribution in [0.25, 0.3) is 11.1 Å². The van der Waals surface area contributed by atoms with Crippen molar-refractivity contribution in [2.24, 2.45) is 0 Å². The molecule has 2 aromatic heterocycles. The molecule has 1 saturated heterocycles. The van der Waals surface area contributed by atoms with Gasteiger partial charge < -0.3 is 24.8 Å². The highest BCUT2D eigenvalue weighted by atomic mass is 16.4. The van der Waals surface area contributed by atoms with Crippen LogP contribution in [0.1, 0.15) is 21.6 Å². The summed E-state index contributed by atoms with van der Waals surface area (Å²) < 4.78 is 5.05. The summed E-state index contributed by atoms with van der Waals surface area (Å²) in [6.07, 6.45) is 1.77. The van der Waals surface area contributed by atoms with Crippen LogP contribution in [0.15, 0.2) is 51.8 Å². The van der Waals surface area contributed by atoms with E-state index in [0.29, 0.717) is 54.5 Å². The van der Waals surface area contributed by atoms with Gasteiger partial charge in [0.2, 0.25) is 5.95 Å². The van der Waals surface area contributed by atoms with Crippen LogP contribution >= 0.6 is 0 Å². The molecule has 0 saturated carbocycles. The minimum Gasteiger partial charge on any atom is -0.508 e. The molecule has 0 bridgehead atoms. The molecular weight excluding hydrogens is 440 g/mol. The number of likely N-dealkylation sites (tertiary alicyclic amines) is 1. The Labute approximate surface area is 192 Å². The fourth-order valence-electron chi connectivity index (χ4n) is 4.41. The van der Waals surface area contributed by atoms with Crippen LogP contribution in [-0.4, -0.2) is 60.0 Å². The second-order valence-electron chi connectivity index (χ2n) is 8.52. The summed E-state index contributed by atoms with van der Waals surface area (Å²) >= 11 is 0. The Morgan fingerprint density at radius 1 is 1.12 bits per heavy atom. The summed E-state index contributed by atoms with van der Waals surface area (Å²) in [6.45, 7) is 2.55. The van der Waals surface area contributed by atoms with E-state index in [9.17, 15) is 19.8 Å². The average Bonchev–Trinajstić information content (AvgIpc) is 3.33. The van der Waals surface area contributed by atoms with Gasteiger partial charge in [0.25, 0.3) is 5.91 Å². The molecule has 11 heteroatoms. The number of fused-ring (bicyclic) bond motifs is 2. The SMILES string of the molecule is O=C(c1ccc2[nH]c(=O)oc2c1)N1CC(N2Cc3cnc(Nc4cc(O)cc(O)c4)nc3C2)C1. The summed E-state index contributed by atoms with van der Waals surface area (Å²) in [5.74, 6) is -0.381. The van der Waals surface area contributed by atoms with E-state index in [1.807, 2.05) is 0 Å². The number of aromatic hydroxyl groups is 2. The molecule has 11 nitrogen and oxygen atoms in total. The van der Waals surface area contributed by atoms with E-state index in [-0.39, 0.29) is 23.4 Å². The van der Waals surface area contributed by atoms with Gasteiger partial charge in [-0.15, -0.1) is 0 Å². The van der Waals surface area contributed by atoms with E-state index < -0.39 is 5.76 Å². The summed E-state index contributed by atoms with van der Waals surface area (Å²) in [7, 11) is 0. The average molecular weight is 460 g/mol. The number of carbonyl (C=O) groups is 1. The van der Waals surface area contributed by atoms with Gasteiger partial charge >= 0.3 is 5.76 Å². The van der Waals surface area contributed by atoms with Crippen LogP contribution in [-0.2, 0) is 13.1 Å². The van der Waals surface area contributed by atoms with Gasteiger partial charge in [-0.2, -0.15) is 0 Å². The number of anilines is 2. The zero-order valence-corrected chi connectivity index (χ0v) is 17.9. The Morgan fingerprint density at radius 3 is 2.71 bits per heavy atom. The van der Waals surface area contributed by atoms with E-state index in [1.54, 1.807) is 29.3 Å². The number of rotatable bonds is 4. The van der Waals surface area contributed by atoms with E-state index in [2.05, 4.69) is 25.2 Å². The van der Waals surface area contributed by atoms with Crippen molar-refractivity contribution in [1.29, 1.82) is 0 Å². The number of hydrogen-bond donors (Lipinski definition) is 4. The maximum absolute atomic E-state index is 12.8. The number of aromatic nitrogens is 3. The van der Waals surface area contributed by atoms with E-state index >= 15 is 0 Å². The van der Waals surface area contributed by atoms with Crippen molar-refractivity contribution in [2.45, 2.75) is 19.1 Å². The monoisotopic (exact) mass is 460 g/mol. The first-order chi connectivity index (χ1) is 16.4. The Balaban J connectivity index is 1.09. The molecule has 0 radical (unpaired) electrons. The van der Waals surface area contributed by atoms with Gasteiger partial charge in [0.05, 0.1) is 11.2 Å². The third-order valence-electron chi connectivity index (χ3n) is 6.17. The maximum Gasteiger partial charge on any atom is 0.417 e. The zero-order valence-electron chi connectivity index (χ0n) is 17.9. The number of H-pyrrole nitrogens is 1. The number of amides is 1. The highest BCUT2D eigenvalue weighted by molar-refractivity contribution is 5.97. The fourth-order valence-corrected chi connectivity index (χ4v) is 4.41. The molecule has 4 aromatic rings. The van der Waals surface area contributed by atoms with Crippen molar-refractivity contribution < 1.29 is 19.4 Å². The first-order valence-electron chi connectivity index (χ1n) is 10.7. The number of benzene rings is 2. The number of nitrogens with one attached hydrogen (secondary N) is 2. The number of nitrogens with zero attached hydrogens (tertiary/aromatic N) is 4. The summed E-state index contributed by atoms with van der Waals surface area (Å²) in [5.41, 5.74) is 3.83. The zero-order chi connectivity index (χ0) is 23.4. The van der Waals surface area contributed by atoms with Gasteiger partial charge in [0, 0.05) is 73.4 Å². The molecule has 6 rings (SSSR count). The highest BCUT2D eigenvalue weighted by Gasteiger charge is 2.38. The smallest absolute Gasteiger partial charge is 0.417 e. The van der Waals surface area contributed by atoms with E-state index in [0.717, 1.165) is 11.3 Å². The molecule has 34 heavy (non-hydrogen) atoms. The largest absolute Gasteiger partial charge is 0.508 e. The predicted octanol–water partition coefficient (Wildman–Crippen LogP) is 1.91. The second kappa shape index (κ2) is 7.59. The highest BCUT2D eigenvalue weighted by Crippen LogP contribution is 2.30. The number of aromatic amines is 1. The number of phenols is 2. The summed E-state index contributed by atoms with van der Waals surface area (Å²) in [4.78, 5) is 39.7. The van der Waals surface area contributed by atoms with Crippen molar-refractivity contribution in [2.75, 3.05) is 18.4 Å². The molecule has 0 aliphatic carbocycles. The molecule has 2 aromatic carbocycles. The Kier molecular flexibility index (Phi) is 4.52. The van der Waals surface area contributed by atoms with Gasteiger partial charge in [-0.25, -0.2) is 14.8 Å². The molecule has 4 heterocycles. The summed E-state index contributed by atoms with van der Waals surface area (Å²) in [5, 5.41) is 22.3. The lowest BCUT2D eigenvalue weighted by atomic mass is 10.0. The third kappa shape index (κ3) is 3.61. The van der Waals surface area contributed by atoms with Gasteiger partial charge in [-0.05, 0) is 18.2 Å². The molecule has 1 amide bonds. The van der Waals surface area contributed by atoms with Gasteiger partial charge in [-0.1, -0.05) is 0 Å². The summed E-state index contributed by atoms with van der Waals surface area (Å²) in [6, 6.07) is 9.36. The topological polar surface area (TPSA) is 148 Å². The molecule has 172 valence electrons. The van der Waals surface area contributed by atoms with Crippen LogP contribution in [0.5, 0.6) is 11.5 Å². The molecule has 0 unspecified atom stereocenters. The minimum absolute atomic E-state index is 0.0588. The van der Waals surface area contributed by atoms with Crippen molar-refractivity contribution in [3.8, 4) is 11.5 Å². The molecule has 4 N–H and O–H groups in total. The predicted molar refractivity (Wildman–Crippen MR) is 121 cm³/mol. The number of oxazole rings is 1. The number of phenolic OH excluding ortho intramolecular Hbond substituents is 2. The normalized spacial score (nSPS) is 15.9. The van der Waals surface area contributed by atoms with Crippen molar-refractivity contribution in [3.63, 3.8) is 0 Å². The lowest BCUT2D eigenvalue weighted by Crippen LogP contribution is -2.59. The van der Waals surface area contributed by atoms with Crippen LogP contribution < -0.4 is 11.1 Å². The minimum atomic E-state index is -0.543. The Morgan fingerprint density at radius 2 is 1.91 bits per heavy atom. The van der Waals surface area contributed by atoms with Crippen LogP contribution in [0.4, 0.5) is 11.6 Å². The lowest BCUT2D eigenvalue weighted by molar-refractivity contribution is 0.0249. The molecule has 2 aliphatic heterocycles. The van der Waals surface area contributed by atoms with Gasteiger partial charge in [0.15, 0.2) is 5.58 Å². The number of hydrogen-bond acceptors (Lipinski definition) is 9. The second-order valence-corrected chi connectivity index (χ2v) is 8.52. The molecular formula is C23H20N6O5. The molecule has 0 spiro atoms. The first-order valence-corrected chi connectivity index (χ1v) is 10.7. The van der Waals surface area contributed by atoms with Crippen molar-refractivity contribution in [3.05, 3.63) is 70.0 Å². The third-order valence-corrected chi connectivity index (χ3v) is 6.17. The van der Waals surface area contributed by atoms with Crippen LogP contribution in [0, 0.1) is 0 Å². The van der Waals surface area contributed by atoms with Crippen LogP contribution in [0.2, 0.25) is 0 Å². The van der Waals surface area contributed by atoms with E-state index in [4.69, 9.17) is 4.42 Å². The Hall–Kier alpha value is -4.38. The molecule has 2 aliphatic rings. The maximum atomic E-state index is 12.8. The number of carbonyl (C=O) groups excluding carboxylic acids is 1. The molecule has 0 atom stereocenters. The van der Waals surface area contributed by atoms with E-state index in [1.165, 1.54) is 18.2 Å².